The van der Waals surface area contributed by atoms with Crippen molar-refractivity contribution in [3.8, 4) is 0 Å². The highest BCUT2D eigenvalue weighted by Crippen LogP contribution is 2.38. The first-order valence-electron chi connectivity index (χ1n) is 10.2. The van der Waals surface area contributed by atoms with Gasteiger partial charge in [-0.1, -0.05) is 52.0 Å². The fourth-order valence-electron chi connectivity index (χ4n) is 4.23. The highest BCUT2D eigenvalue weighted by Gasteiger charge is 2.35. The van der Waals surface area contributed by atoms with Gasteiger partial charge in [-0.05, 0) is 42.7 Å². The van der Waals surface area contributed by atoms with Crippen LogP contribution in [0.4, 0.5) is 5.69 Å². The number of nitrogens with one attached hydrogen (secondary N) is 1. The van der Waals surface area contributed by atoms with Crippen LogP contribution in [0.5, 0.6) is 0 Å². The van der Waals surface area contributed by atoms with E-state index in [0.717, 1.165) is 24.2 Å². The minimum atomic E-state index is 0.128. The van der Waals surface area contributed by atoms with Crippen molar-refractivity contribution in [2.75, 3.05) is 24.5 Å². The molecule has 4 heteroatoms. The third-order valence-electron chi connectivity index (χ3n) is 5.78. The van der Waals surface area contributed by atoms with E-state index < -0.39 is 0 Å². The van der Waals surface area contributed by atoms with Gasteiger partial charge >= 0.3 is 0 Å². The number of para-hydroxylation sites is 1. The number of hydrogen-bond acceptors (Lipinski definition) is 3. The maximum absolute atomic E-state index is 12.9. The normalized spacial score (nSPS) is 22.2. The Hall–Kier alpha value is -2.03. The number of hydrogen-bond donors (Lipinski definition) is 2. The van der Waals surface area contributed by atoms with Crippen molar-refractivity contribution < 1.29 is 4.79 Å². The summed E-state index contributed by atoms with van der Waals surface area (Å²) < 4.78 is 0. The SMILES string of the molecule is C=C=C(CN)N(CCNC(=O)[C@@H]1C[C@H](C)CCC1C(C)C)c1ccccc1. The number of benzene rings is 1. The zero-order valence-corrected chi connectivity index (χ0v) is 17.1. The molecule has 1 aliphatic carbocycles. The Morgan fingerprint density at radius 1 is 1.33 bits per heavy atom. The number of rotatable bonds is 8. The Balaban J connectivity index is 2.01. The van der Waals surface area contributed by atoms with Crippen LogP contribution in [0.25, 0.3) is 0 Å². The minimum Gasteiger partial charge on any atom is -0.354 e. The predicted molar refractivity (Wildman–Crippen MR) is 113 cm³/mol. The van der Waals surface area contributed by atoms with Gasteiger partial charge in [0.1, 0.15) is 0 Å². The standard InChI is InChI=1S/C23H35N3O/c1-5-19(16-24)26(20-9-7-6-8-10-20)14-13-25-23(27)22-15-18(4)11-12-21(22)17(2)3/h6-10,17-18,21-22H,1,11-16,24H2,2-4H3,(H,25,27)/t18-,21?,22-/m1/s1. The average molecular weight is 370 g/mol. The van der Waals surface area contributed by atoms with Crippen molar-refractivity contribution in [1.82, 2.24) is 5.32 Å². The molecule has 1 amide bonds. The first-order valence-corrected chi connectivity index (χ1v) is 10.2. The smallest absolute Gasteiger partial charge is 0.223 e. The first kappa shape index (κ1) is 21.3. The van der Waals surface area contributed by atoms with Crippen LogP contribution in [-0.4, -0.2) is 25.5 Å². The lowest BCUT2D eigenvalue weighted by Gasteiger charge is -2.36. The number of nitrogens with zero attached hydrogens (tertiary/aromatic N) is 1. The lowest BCUT2D eigenvalue weighted by Crippen LogP contribution is -2.43. The fraction of sp³-hybridized carbons (Fsp3) is 0.565. The molecular weight excluding hydrogens is 334 g/mol. The molecule has 148 valence electrons. The predicted octanol–water partition coefficient (Wildman–Crippen LogP) is 3.95. The molecular formula is C23H35N3O. The van der Waals surface area contributed by atoms with E-state index in [1.807, 2.05) is 30.3 Å². The molecule has 1 aromatic rings. The molecule has 1 aliphatic rings. The molecule has 2 rings (SSSR count). The summed E-state index contributed by atoms with van der Waals surface area (Å²) in [6.45, 7) is 12.1. The number of carbonyl (C=O) groups excluding carboxylic acids is 1. The second kappa shape index (κ2) is 10.3. The minimum absolute atomic E-state index is 0.128. The Morgan fingerprint density at radius 3 is 2.63 bits per heavy atom. The molecule has 0 spiro atoms. The van der Waals surface area contributed by atoms with E-state index in [2.05, 4.69) is 43.3 Å². The fourth-order valence-corrected chi connectivity index (χ4v) is 4.23. The van der Waals surface area contributed by atoms with Gasteiger partial charge in [0.15, 0.2) is 0 Å². The maximum Gasteiger partial charge on any atom is 0.223 e. The van der Waals surface area contributed by atoms with Crippen LogP contribution >= 0.6 is 0 Å². The second-order valence-electron chi connectivity index (χ2n) is 8.04. The summed E-state index contributed by atoms with van der Waals surface area (Å²) in [6, 6.07) is 10.0. The van der Waals surface area contributed by atoms with Gasteiger partial charge in [-0.15, -0.1) is 5.73 Å². The summed E-state index contributed by atoms with van der Waals surface area (Å²) >= 11 is 0. The molecule has 1 saturated carbocycles. The van der Waals surface area contributed by atoms with Gasteiger partial charge in [0.2, 0.25) is 5.91 Å². The maximum atomic E-state index is 12.9. The Morgan fingerprint density at radius 2 is 2.04 bits per heavy atom. The third-order valence-corrected chi connectivity index (χ3v) is 5.78. The average Bonchev–Trinajstić information content (AvgIpc) is 2.67. The molecule has 0 saturated heterocycles. The summed E-state index contributed by atoms with van der Waals surface area (Å²) in [5.41, 5.74) is 10.7. The molecule has 1 unspecified atom stereocenters. The van der Waals surface area contributed by atoms with E-state index in [1.54, 1.807) is 0 Å². The molecule has 1 fully saturated rings. The molecule has 0 aliphatic heterocycles. The van der Waals surface area contributed by atoms with Crippen molar-refractivity contribution in [1.29, 1.82) is 0 Å². The summed E-state index contributed by atoms with van der Waals surface area (Å²) in [5.74, 6) is 1.98. The summed E-state index contributed by atoms with van der Waals surface area (Å²) in [7, 11) is 0. The molecule has 1 aromatic carbocycles. The molecule has 27 heavy (non-hydrogen) atoms. The highest BCUT2D eigenvalue weighted by atomic mass is 16.1. The van der Waals surface area contributed by atoms with Gasteiger partial charge in [0.05, 0.1) is 5.70 Å². The van der Waals surface area contributed by atoms with Crippen molar-refractivity contribution in [3.63, 3.8) is 0 Å². The van der Waals surface area contributed by atoms with Crippen LogP contribution in [0, 0.1) is 23.7 Å². The van der Waals surface area contributed by atoms with Crippen molar-refractivity contribution in [3.05, 3.63) is 48.3 Å². The molecule has 3 atom stereocenters. The molecule has 0 bridgehead atoms. The van der Waals surface area contributed by atoms with Crippen molar-refractivity contribution >= 4 is 11.6 Å². The van der Waals surface area contributed by atoms with E-state index in [0.29, 0.717) is 37.4 Å². The van der Waals surface area contributed by atoms with E-state index in [1.165, 1.54) is 6.42 Å². The van der Waals surface area contributed by atoms with Crippen LogP contribution in [0.2, 0.25) is 0 Å². The van der Waals surface area contributed by atoms with E-state index in [4.69, 9.17) is 5.73 Å². The van der Waals surface area contributed by atoms with E-state index in [9.17, 15) is 4.79 Å². The van der Waals surface area contributed by atoms with Crippen LogP contribution in [0.3, 0.4) is 0 Å². The summed E-state index contributed by atoms with van der Waals surface area (Å²) in [4.78, 5) is 15.0. The number of nitrogens with two attached hydrogens (primary N) is 1. The van der Waals surface area contributed by atoms with Gasteiger partial charge < -0.3 is 16.0 Å². The molecule has 0 radical (unpaired) electrons. The van der Waals surface area contributed by atoms with Gasteiger partial charge in [-0.25, -0.2) is 0 Å². The lowest BCUT2D eigenvalue weighted by atomic mass is 9.70. The van der Waals surface area contributed by atoms with Crippen LogP contribution in [0.1, 0.15) is 40.0 Å². The van der Waals surface area contributed by atoms with Crippen LogP contribution in [0.15, 0.2) is 48.3 Å². The molecule has 0 aromatic heterocycles. The van der Waals surface area contributed by atoms with Gasteiger partial charge in [0.25, 0.3) is 0 Å². The second-order valence-corrected chi connectivity index (χ2v) is 8.04. The number of carbonyl (C=O) groups is 1. The zero-order chi connectivity index (χ0) is 19.8. The quantitative estimate of drug-likeness (QED) is 0.682. The largest absolute Gasteiger partial charge is 0.354 e. The Kier molecular flexibility index (Phi) is 8.15. The summed E-state index contributed by atoms with van der Waals surface area (Å²) in [5, 5.41) is 3.18. The van der Waals surface area contributed by atoms with Gasteiger partial charge in [-0.2, -0.15) is 0 Å². The third kappa shape index (κ3) is 5.72. The van der Waals surface area contributed by atoms with E-state index >= 15 is 0 Å². The Labute approximate surface area is 164 Å². The number of amides is 1. The van der Waals surface area contributed by atoms with Crippen LogP contribution in [-0.2, 0) is 4.79 Å². The van der Waals surface area contributed by atoms with Crippen LogP contribution < -0.4 is 16.0 Å². The molecule has 0 heterocycles. The number of anilines is 1. The zero-order valence-electron chi connectivity index (χ0n) is 17.1. The monoisotopic (exact) mass is 369 g/mol. The van der Waals surface area contributed by atoms with Crippen molar-refractivity contribution in [2.45, 2.75) is 40.0 Å². The molecule has 3 N–H and O–H groups in total. The Bertz CT molecular complexity index is 649. The van der Waals surface area contributed by atoms with Crippen molar-refractivity contribution in [2.24, 2.45) is 29.4 Å². The van der Waals surface area contributed by atoms with Gasteiger partial charge in [-0.3, -0.25) is 4.79 Å². The lowest BCUT2D eigenvalue weighted by molar-refractivity contribution is -0.129. The topological polar surface area (TPSA) is 58.4 Å². The first-order chi connectivity index (χ1) is 13.0. The van der Waals surface area contributed by atoms with E-state index in [-0.39, 0.29) is 11.8 Å². The summed E-state index contributed by atoms with van der Waals surface area (Å²) in [6.07, 6.45) is 3.39. The molecule has 4 nitrogen and oxygen atoms in total. The van der Waals surface area contributed by atoms with Gasteiger partial charge in [0, 0.05) is 31.2 Å². The highest BCUT2D eigenvalue weighted by molar-refractivity contribution is 5.79.